The molecule has 0 aromatic heterocycles. The first-order valence-electron chi connectivity index (χ1n) is 6.49. The Hall–Kier alpha value is -1.35. The highest BCUT2D eigenvalue weighted by atomic mass is 16.2. The second-order valence-electron chi connectivity index (χ2n) is 4.75. The summed E-state index contributed by atoms with van der Waals surface area (Å²) in [6.07, 6.45) is 3.86. The average Bonchev–Trinajstić information content (AvgIpc) is 2.39. The Morgan fingerprint density at radius 2 is 1.82 bits per heavy atom. The Balaban J connectivity index is 1.70. The van der Waals surface area contributed by atoms with Gasteiger partial charge in [-0.1, -0.05) is 30.3 Å². The summed E-state index contributed by atoms with van der Waals surface area (Å²) in [5, 5.41) is 2.99. The lowest BCUT2D eigenvalue weighted by molar-refractivity contribution is -0.896. The number of nitrogens with one attached hydrogen (secondary N) is 2. The van der Waals surface area contributed by atoms with E-state index in [9.17, 15) is 4.79 Å². The van der Waals surface area contributed by atoms with E-state index in [1.165, 1.54) is 24.2 Å². The standard InChI is InChI=1S/C14H20N2O/c17-14(12-16-9-5-2-6-10-16)15-11-13-7-3-1-4-8-13/h1,3-4,7-8H,2,5-6,9-12H2,(H,15,17)/p+1. The summed E-state index contributed by atoms with van der Waals surface area (Å²) in [6, 6.07) is 10.1. The van der Waals surface area contributed by atoms with Crippen LogP contribution in [0.15, 0.2) is 30.3 Å². The minimum atomic E-state index is 0.172. The van der Waals surface area contributed by atoms with Crippen LogP contribution in [-0.4, -0.2) is 25.5 Å². The van der Waals surface area contributed by atoms with Gasteiger partial charge in [0.2, 0.25) is 0 Å². The minimum Gasteiger partial charge on any atom is -0.347 e. The van der Waals surface area contributed by atoms with Gasteiger partial charge in [-0.2, -0.15) is 0 Å². The Bertz CT molecular complexity index is 344. The van der Waals surface area contributed by atoms with Gasteiger partial charge >= 0.3 is 0 Å². The average molecular weight is 233 g/mol. The fourth-order valence-corrected chi connectivity index (χ4v) is 2.31. The number of amides is 1. The van der Waals surface area contributed by atoms with E-state index in [1.54, 1.807) is 0 Å². The molecule has 17 heavy (non-hydrogen) atoms. The zero-order valence-electron chi connectivity index (χ0n) is 10.2. The van der Waals surface area contributed by atoms with Crippen molar-refractivity contribution in [1.29, 1.82) is 0 Å². The first kappa shape index (κ1) is 12.1. The highest BCUT2D eigenvalue weighted by Crippen LogP contribution is 1.97. The molecule has 1 heterocycles. The quantitative estimate of drug-likeness (QED) is 0.774. The Labute approximate surface area is 103 Å². The van der Waals surface area contributed by atoms with Gasteiger partial charge in [0.1, 0.15) is 0 Å². The molecule has 3 nitrogen and oxygen atoms in total. The number of carbonyl (C=O) groups is 1. The van der Waals surface area contributed by atoms with Crippen LogP contribution in [0.2, 0.25) is 0 Å². The van der Waals surface area contributed by atoms with Crippen LogP contribution in [0.1, 0.15) is 24.8 Å². The third-order valence-corrected chi connectivity index (χ3v) is 3.30. The third kappa shape index (κ3) is 4.19. The van der Waals surface area contributed by atoms with Crippen molar-refractivity contribution in [3.63, 3.8) is 0 Å². The second kappa shape index (κ2) is 6.40. The molecular formula is C14H21N2O+. The number of piperidine rings is 1. The van der Waals surface area contributed by atoms with E-state index < -0.39 is 0 Å². The molecule has 2 N–H and O–H groups in total. The predicted molar refractivity (Wildman–Crippen MR) is 67.7 cm³/mol. The number of benzene rings is 1. The molecule has 1 amide bonds. The number of likely N-dealkylation sites (tertiary alicyclic amines) is 1. The summed E-state index contributed by atoms with van der Waals surface area (Å²) in [6.45, 7) is 3.58. The van der Waals surface area contributed by atoms with Crippen molar-refractivity contribution in [2.24, 2.45) is 0 Å². The van der Waals surface area contributed by atoms with E-state index in [1.807, 2.05) is 30.3 Å². The number of hydrogen-bond donors (Lipinski definition) is 2. The van der Waals surface area contributed by atoms with Gasteiger partial charge < -0.3 is 10.2 Å². The monoisotopic (exact) mass is 233 g/mol. The zero-order chi connectivity index (χ0) is 11.9. The van der Waals surface area contributed by atoms with Crippen molar-refractivity contribution in [3.05, 3.63) is 35.9 Å². The summed E-state index contributed by atoms with van der Waals surface area (Å²) in [7, 11) is 0. The SMILES string of the molecule is O=C(C[NH+]1CCCCC1)NCc1ccccc1. The normalized spacial score (nSPS) is 16.7. The highest BCUT2D eigenvalue weighted by Gasteiger charge is 2.16. The number of carbonyl (C=O) groups excluding carboxylic acids is 1. The molecule has 1 fully saturated rings. The predicted octanol–water partition coefficient (Wildman–Crippen LogP) is 0.372. The molecule has 0 bridgehead atoms. The topological polar surface area (TPSA) is 33.5 Å². The summed E-state index contributed by atoms with van der Waals surface area (Å²) in [5.74, 6) is 0.172. The maximum atomic E-state index is 11.8. The van der Waals surface area contributed by atoms with Gasteiger partial charge in [-0.25, -0.2) is 0 Å². The smallest absolute Gasteiger partial charge is 0.275 e. The van der Waals surface area contributed by atoms with Crippen molar-refractivity contribution < 1.29 is 9.69 Å². The van der Waals surface area contributed by atoms with E-state index >= 15 is 0 Å². The minimum absolute atomic E-state index is 0.172. The molecule has 0 spiro atoms. The molecule has 0 saturated carbocycles. The molecule has 0 aliphatic carbocycles. The fraction of sp³-hybridized carbons (Fsp3) is 0.500. The maximum absolute atomic E-state index is 11.8. The molecule has 2 rings (SSSR count). The molecule has 1 aliphatic heterocycles. The molecule has 1 aromatic rings. The van der Waals surface area contributed by atoms with E-state index in [0.29, 0.717) is 13.1 Å². The largest absolute Gasteiger partial charge is 0.347 e. The van der Waals surface area contributed by atoms with Gasteiger partial charge in [-0.3, -0.25) is 4.79 Å². The van der Waals surface area contributed by atoms with Gasteiger partial charge in [-0.15, -0.1) is 0 Å². The summed E-state index contributed by atoms with van der Waals surface area (Å²) in [5.41, 5.74) is 1.16. The van der Waals surface area contributed by atoms with Gasteiger partial charge in [0, 0.05) is 6.54 Å². The first-order valence-corrected chi connectivity index (χ1v) is 6.49. The van der Waals surface area contributed by atoms with Crippen LogP contribution in [0.3, 0.4) is 0 Å². The molecule has 1 saturated heterocycles. The highest BCUT2D eigenvalue weighted by molar-refractivity contribution is 5.76. The lowest BCUT2D eigenvalue weighted by Crippen LogP contribution is -3.13. The Morgan fingerprint density at radius 1 is 1.12 bits per heavy atom. The number of rotatable bonds is 4. The van der Waals surface area contributed by atoms with Crippen LogP contribution in [0.4, 0.5) is 0 Å². The van der Waals surface area contributed by atoms with Gasteiger partial charge in [0.15, 0.2) is 6.54 Å². The van der Waals surface area contributed by atoms with Crippen LogP contribution < -0.4 is 10.2 Å². The van der Waals surface area contributed by atoms with Crippen molar-refractivity contribution in [1.82, 2.24) is 5.32 Å². The Morgan fingerprint density at radius 3 is 2.53 bits per heavy atom. The molecule has 1 aromatic carbocycles. The lowest BCUT2D eigenvalue weighted by Gasteiger charge is -2.22. The molecule has 0 radical (unpaired) electrons. The van der Waals surface area contributed by atoms with Crippen molar-refractivity contribution in [2.45, 2.75) is 25.8 Å². The van der Waals surface area contributed by atoms with Crippen molar-refractivity contribution in [2.75, 3.05) is 19.6 Å². The van der Waals surface area contributed by atoms with E-state index in [-0.39, 0.29) is 5.91 Å². The van der Waals surface area contributed by atoms with Gasteiger partial charge in [0.25, 0.3) is 5.91 Å². The van der Waals surface area contributed by atoms with Crippen LogP contribution in [0.25, 0.3) is 0 Å². The molecule has 1 aliphatic rings. The molecule has 0 atom stereocenters. The summed E-state index contributed by atoms with van der Waals surface area (Å²) in [4.78, 5) is 13.2. The van der Waals surface area contributed by atoms with Crippen molar-refractivity contribution in [3.8, 4) is 0 Å². The van der Waals surface area contributed by atoms with Crippen molar-refractivity contribution >= 4 is 5.91 Å². The van der Waals surface area contributed by atoms with Crippen LogP contribution in [0.5, 0.6) is 0 Å². The van der Waals surface area contributed by atoms with Gasteiger partial charge in [0.05, 0.1) is 13.1 Å². The first-order chi connectivity index (χ1) is 8.34. The number of hydrogen-bond acceptors (Lipinski definition) is 1. The zero-order valence-corrected chi connectivity index (χ0v) is 10.2. The lowest BCUT2D eigenvalue weighted by atomic mass is 10.1. The van der Waals surface area contributed by atoms with E-state index in [4.69, 9.17) is 0 Å². The van der Waals surface area contributed by atoms with Crippen LogP contribution in [-0.2, 0) is 11.3 Å². The summed E-state index contributed by atoms with van der Waals surface area (Å²) < 4.78 is 0. The molecule has 3 heteroatoms. The van der Waals surface area contributed by atoms with Crippen LogP contribution >= 0.6 is 0 Å². The van der Waals surface area contributed by atoms with Gasteiger partial charge in [-0.05, 0) is 24.8 Å². The van der Waals surface area contributed by atoms with E-state index in [2.05, 4.69) is 5.32 Å². The third-order valence-electron chi connectivity index (χ3n) is 3.30. The molecular weight excluding hydrogens is 212 g/mol. The van der Waals surface area contributed by atoms with E-state index in [0.717, 1.165) is 18.7 Å². The maximum Gasteiger partial charge on any atom is 0.275 e. The fourth-order valence-electron chi connectivity index (χ4n) is 2.31. The number of quaternary nitrogens is 1. The second-order valence-corrected chi connectivity index (χ2v) is 4.75. The van der Waals surface area contributed by atoms with Crippen LogP contribution in [0, 0.1) is 0 Å². The molecule has 92 valence electrons. The Kier molecular flexibility index (Phi) is 4.56. The summed E-state index contributed by atoms with van der Waals surface area (Å²) >= 11 is 0. The molecule has 0 unspecified atom stereocenters.